The van der Waals surface area contributed by atoms with Crippen molar-refractivity contribution < 1.29 is 22.7 Å². The Morgan fingerprint density at radius 1 is 1.03 bits per heavy atom. The minimum Gasteiger partial charge on any atom is -0.462 e. The summed E-state index contributed by atoms with van der Waals surface area (Å²) >= 11 is 1.40. The molecule has 0 saturated heterocycles. The Labute approximate surface area is 233 Å². The first kappa shape index (κ1) is 28.1. The van der Waals surface area contributed by atoms with E-state index in [2.05, 4.69) is 17.1 Å². The Hall–Kier alpha value is -2.92. The van der Waals surface area contributed by atoms with Crippen molar-refractivity contribution in [3.05, 3.63) is 75.7 Å². The zero-order chi connectivity index (χ0) is 26.2. The molecular formula is C27H30ClN3O5S2. The zero-order valence-electron chi connectivity index (χ0n) is 21.2. The van der Waals surface area contributed by atoms with Crippen molar-refractivity contribution in [1.29, 1.82) is 0 Å². The third-order valence-corrected chi connectivity index (χ3v) is 9.80. The van der Waals surface area contributed by atoms with Gasteiger partial charge in [0.25, 0.3) is 15.9 Å². The number of carbonyl (C=O) groups is 2. The van der Waals surface area contributed by atoms with E-state index in [1.807, 2.05) is 24.3 Å². The molecule has 1 amide bonds. The number of carbonyl (C=O) groups excluding carboxylic acids is 2. The van der Waals surface area contributed by atoms with Gasteiger partial charge >= 0.3 is 5.97 Å². The lowest BCUT2D eigenvalue weighted by Gasteiger charge is -2.25. The number of hydrogen-bond donors (Lipinski definition) is 1. The van der Waals surface area contributed by atoms with Crippen LogP contribution in [0.15, 0.2) is 53.4 Å². The summed E-state index contributed by atoms with van der Waals surface area (Å²) in [6, 6.07) is 13.4. The Balaban J connectivity index is 0.00000336. The number of amides is 1. The first-order valence-electron chi connectivity index (χ1n) is 12.4. The molecule has 202 valence electrons. The summed E-state index contributed by atoms with van der Waals surface area (Å²) in [5, 5.41) is 3.35. The fourth-order valence-corrected chi connectivity index (χ4v) is 7.65. The number of esters is 1. The molecular weight excluding hydrogens is 546 g/mol. The van der Waals surface area contributed by atoms with Crippen molar-refractivity contribution in [3.63, 3.8) is 0 Å². The molecule has 1 aromatic heterocycles. The molecule has 0 saturated carbocycles. The van der Waals surface area contributed by atoms with Gasteiger partial charge in [-0.25, -0.2) is 13.2 Å². The molecule has 2 aliphatic heterocycles. The van der Waals surface area contributed by atoms with Crippen LogP contribution in [0.1, 0.15) is 50.6 Å². The van der Waals surface area contributed by atoms with Crippen LogP contribution in [-0.4, -0.2) is 51.4 Å². The van der Waals surface area contributed by atoms with Crippen molar-refractivity contribution in [2.45, 2.75) is 38.1 Å². The molecule has 0 fully saturated rings. The SMILES string of the molecule is CCOC(=O)c1c(NC(=O)c2ccc(S(=O)(=O)N3CCc4ccccc43)cc2)sc2c1CCN(CC)C2.Cl. The molecule has 3 aromatic rings. The number of benzene rings is 2. The summed E-state index contributed by atoms with van der Waals surface area (Å²) in [5.41, 5.74) is 3.37. The van der Waals surface area contributed by atoms with Gasteiger partial charge in [-0.15, -0.1) is 23.7 Å². The summed E-state index contributed by atoms with van der Waals surface area (Å²) in [6.45, 7) is 6.97. The van der Waals surface area contributed by atoms with E-state index < -0.39 is 21.9 Å². The van der Waals surface area contributed by atoms with Gasteiger partial charge in [0, 0.05) is 30.1 Å². The number of nitrogens with zero attached hydrogens (tertiary/aromatic N) is 2. The minimum atomic E-state index is -3.75. The average molecular weight is 576 g/mol. The number of halogens is 1. The number of hydrogen-bond acceptors (Lipinski definition) is 7. The first-order valence-corrected chi connectivity index (χ1v) is 14.6. The number of rotatable bonds is 7. The summed E-state index contributed by atoms with van der Waals surface area (Å²) in [7, 11) is -3.75. The molecule has 3 heterocycles. The second kappa shape index (κ2) is 11.4. The van der Waals surface area contributed by atoms with Crippen LogP contribution in [0.5, 0.6) is 0 Å². The van der Waals surface area contributed by atoms with Crippen LogP contribution in [0, 0.1) is 0 Å². The highest BCUT2D eigenvalue weighted by atomic mass is 35.5. The Morgan fingerprint density at radius 3 is 2.47 bits per heavy atom. The number of ether oxygens (including phenoxy) is 1. The average Bonchev–Trinajstić information content (AvgIpc) is 3.50. The molecule has 0 unspecified atom stereocenters. The summed E-state index contributed by atoms with van der Waals surface area (Å²) in [4.78, 5) is 29.4. The van der Waals surface area contributed by atoms with E-state index in [4.69, 9.17) is 4.74 Å². The number of sulfonamides is 1. The fraction of sp³-hybridized carbons (Fsp3) is 0.333. The largest absolute Gasteiger partial charge is 0.462 e. The Kier molecular flexibility index (Phi) is 8.46. The first-order chi connectivity index (χ1) is 17.8. The van der Waals surface area contributed by atoms with Gasteiger partial charge in [0.05, 0.1) is 22.8 Å². The highest BCUT2D eigenvalue weighted by molar-refractivity contribution is 7.92. The van der Waals surface area contributed by atoms with Crippen LogP contribution >= 0.6 is 23.7 Å². The second-order valence-corrected chi connectivity index (χ2v) is 11.9. The monoisotopic (exact) mass is 575 g/mol. The molecule has 1 N–H and O–H groups in total. The van der Waals surface area contributed by atoms with Crippen LogP contribution in [-0.2, 0) is 34.1 Å². The Morgan fingerprint density at radius 2 is 1.76 bits per heavy atom. The van der Waals surface area contributed by atoms with Crippen molar-refractivity contribution in [2.75, 3.05) is 35.9 Å². The minimum absolute atomic E-state index is 0. The fourth-order valence-electron chi connectivity index (χ4n) is 4.87. The van der Waals surface area contributed by atoms with Crippen molar-refractivity contribution in [3.8, 4) is 0 Å². The zero-order valence-corrected chi connectivity index (χ0v) is 23.7. The molecule has 2 aliphatic rings. The van der Waals surface area contributed by atoms with Crippen molar-refractivity contribution in [2.24, 2.45) is 0 Å². The topological polar surface area (TPSA) is 96.0 Å². The van der Waals surface area contributed by atoms with Crippen LogP contribution in [0.3, 0.4) is 0 Å². The normalized spacial score (nSPS) is 14.8. The number of anilines is 2. The van der Waals surface area contributed by atoms with Gasteiger partial charge in [-0.05, 0) is 67.8 Å². The van der Waals surface area contributed by atoms with Crippen LogP contribution < -0.4 is 9.62 Å². The third-order valence-electron chi connectivity index (χ3n) is 6.84. The second-order valence-electron chi connectivity index (χ2n) is 8.98. The summed E-state index contributed by atoms with van der Waals surface area (Å²) < 4.78 is 33.3. The van der Waals surface area contributed by atoms with Gasteiger partial charge in [-0.2, -0.15) is 0 Å². The van der Waals surface area contributed by atoms with Gasteiger partial charge in [0.1, 0.15) is 5.00 Å². The highest BCUT2D eigenvalue weighted by Gasteiger charge is 2.31. The van der Waals surface area contributed by atoms with Gasteiger partial charge in [0.2, 0.25) is 0 Å². The lowest BCUT2D eigenvalue weighted by Crippen LogP contribution is -2.30. The molecule has 8 nitrogen and oxygen atoms in total. The smallest absolute Gasteiger partial charge is 0.341 e. The van der Waals surface area contributed by atoms with E-state index in [9.17, 15) is 18.0 Å². The molecule has 0 spiro atoms. The van der Waals surface area contributed by atoms with Crippen LogP contribution in [0.25, 0.3) is 0 Å². The van der Waals surface area contributed by atoms with Crippen molar-refractivity contribution in [1.82, 2.24) is 4.90 Å². The Bertz CT molecular complexity index is 1450. The third kappa shape index (κ3) is 5.18. The number of fused-ring (bicyclic) bond motifs is 2. The quantitative estimate of drug-likeness (QED) is 0.409. The highest BCUT2D eigenvalue weighted by Crippen LogP contribution is 2.38. The van der Waals surface area contributed by atoms with E-state index >= 15 is 0 Å². The molecule has 38 heavy (non-hydrogen) atoms. The van der Waals surface area contributed by atoms with Gasteiger partial charge in [-0.1, -0.05) is 25.1 Å². The molecule has 0 atom stereocenters. The van der Waals surface area contributed by atoms with E-state index in [1.54, 1.807) is 6.92 Å². The number of likely N-dealkylation sites (N-methyl/N-ethyl adjacent to an activating group) is 1. The molecule has 0 bridgehead atoms. The van der Waals surface area contributed by atoms with E-state index in [0.29, 0.717) is 34.8 Å². The van der Waals surface area contributed by atoms with Crippen molar-refractivity contribution >= 4 is 56.3 Å². The predicted molar refractivity (Wildman–Crippen MR) is 151 cm³/mol. The van der Waals surface area contributed by atoms with E-state index in [-0.39, 0.29) is 23.9 Å². The lowest BCUT2D eigenvalue weighted by molar-refractivity contribution is 0.0526. The van der Waals surface area contributed by atoms with Crippen LogP contribution in [0.4, 0.5) is 10.7 Å². The predicted octanol–water partition coefficient (Wildman–Crippen LogP) is 4.73. The number of nitrogens with one attached hydrogen (secondary N) is 1. The number of para-hydroxylation sites is 1. The molecule has 0 radical (unpaired) electrons. The molecule has 2 aromatic carbocycles. The molecule has 0 aliphatic carbocycles. The van der Waals surface area contributed by atoms with Gasteiger partial charge in [-0.3, -0.25) is 14.0 Å². The van der Waals surface area contributed by atoms with Gasteiger partial charge < -0.3 is 10.1 Å². The standard InChI is InChI=1S/C27H29N3O5S2.ClH/c1-3-29-15-14-21-23(17-29)36-26(24(21)27(32)35-4-2)28-25(31)19-9-11-20(12-10-19)37(33,34)30-16-13-18-7-5-6-8-22(18)30;/h5-12H,3-4,13-17H2,1-2H3,(H,28,31);1H. The van der Waals surface area contributed by atoms with E-state index in [0.717, 1.165) is 42.1 Å². The van der Waals surface area contributed by atoms with Gasteiger partial charge in [0.15, 0.2) is 0 Å². The maximum atomic E-state index is 13.3. The van der Waals surface area contributed by atoms with Crippen LogP contribution in [0.2, 0.25) is 0 Å². The maximum Gasteiger partial charge on any atom is 0.341 e. The number of thiophene rings is 1. The maximum absolute atomic E-state index is 13.3. The molecule has 5 rings (SSSR count). The summed E-state index contributed by atoms with van der Waals surface area (Å²) in [6.07, 6.45) is 1.38. The summed E-state index contributed by atoms with van der Waals surface area (Å²) in [5.74, 6) is -0.848. The van der Waals surface area contributed by atoms with E-state index in [1.165, 1.54) is 39.9 Å². The lowest BCUT2D eigenvalue weighted by atomic mass is 10.0. The molecule has 11 heteroatoms.